The molecule has 6 aliphatic carbocycles. The molecule has 1 amide bonds. The third kappa shape index (κ3) is 6.07. The van der Waals surface area contributed by atoms with Crippen molar-refractivity contribution in [1.29, 1.82) is 0 Å². The fourth-order valence-electron chi connectivity index (χ4n) is 14.3. The quantitative estimate of drug-likeness (QED) is 0.206. The van der Waals surface area contributed by atoms with E-state index in [1.165, 1.54) is 51.4 Å². The van der Waals surface area contributed by atoms with E-state index in [1.807, 2.05) is 25.2 Å². The van der Waals surface area contributed by atoms with Crippen LogP contribution >= 0.6 is 0 Å². The summed E-state index contributed by atoms with van der Waals surface area (Å²) in [5.41, 5.74) is 2.41. The number of fused-ring (bicyclic) bond motifs is 7. The molecule has 6 saturated carbocycles. The lowest BCUT2D eigenvalue weighted by Gasteiger charge is -2.72. The highest BCUT2D eigenvalue weighted by Gasteiger charge is 2.71. The SMILES string of the molecule is C.C=C/C(=C\C=C/C)C1=CNC(C2CCCN2C(=O)C23CCCC2C2(NC)CCC4C5(C)CCC(O)C(C)(C)C5CCC4(C)C2CC3)N1.CC1CC1. The maximum atomic E-state index is 15.2. The lowest BCUT2D eigenvalue weighted by atomic mass is 9.35. The van der Waals surface area contributed by atoms with Crippen molar-refractivity contribution in [1.82, 2.24) is 20.9 Å². The predicted molar refractivity (Wildman–Crippen MR) is 216 cm³/mol. The first kappa shape index (κ1) is 39.6. The summed E-state index contributed by atoms with van der Waals surface area (Å²) >= 11 is 0. The first-order valence-electron chi connectivity index (χ1n) is 21.2. The summed E-state index contributed by atoms with van der Waals surface area (Å²) in [5.74, 6) is 3.79. The van der Waals surface area contributed by atoms with Gasteiger partial charge in [0, 0.05) is 18.3 Å². The van der Waals surface area contributed by atoms with E-state index in [0.29, 0.717) is 29.6 Å². The predicted octanol–water partition coefficient (Wildman–Crippen LogP) is 9.25. The lowest BCUT2D eigenvalue weighted by Crippen LogP contribution is -2.73. The molecular formula is C46H76N4O2. The summed E-state index contributed by atoms with van der Waals surface area (Å²) in [4.78, 5) is 17.5. The van der Waals surface area contributed by atoms with Gasteiger partial charge >= 0.3 is 0 Å². The van der Waals surface area contributed by atoms with Gasteiger partial charge in [0.1, 0.15) is 6.17 Å². The van der Waals surface area contributed by atoms with E-state index in [9.17, 15) is 5.11 Å². The molecule has 0 aromatic heterocycles. The zero-order chi connectivity index (χ0) is 36.4. The Morgan fingerprint density at radius 2 is 1.58 bits per heavy atom. The van der Waals surface area contributed by atoms with Gasteiger partial charge in [-0.05, 0) is 142 Å². The molecule has 1 saturated heterocycles. The standard InChI is InChI=1S/C41H64N4O2.C4H8.CH4/c1-8-10-13-27(9-2)28-26-43-35(44-28)29-14-12-25-45(29)36(47)40-20-11-15-33(40)41(42-7)24-18-31-38(5)22-19-34(46)37(3,4)30(38)16-21-39(31,6)32(41)17-23-40;1-4-2-3-4;/h8-10,13,26,29-35,42-44,46H,2,11-12,14-25H2,1,3-7H3;4H,2-3H2,1H3;1H4/b10-8-,27-13+;;. The number of hydrogen-bond donors (Lipinski definition) is 4. The molecule has 0 aromatic carbocycles. The van der Waals surface area contributed by atoms with Crippen molar-refractivity contribution in [2.24, 2.45) is 51.2 Å². The Kier molecular flexibility index (Phi) is 11.1. The molecular weight excluding hydrogens is 641 g/mol. The molecule has 6 heteroatoms. The Morgan fingerprint density at radius 3 is 2.25 bits per heavy atom. The van der Waals surface area contributed by atoms with Crippen LogP contribution in [0.2, 0.25) is 0 Å². The van der Waals surface area contributed by atoms with Crippen molar-refractivity contribution in [3.8, 4) is 0 Å². The van der Waals surface area contributed by atoms with Crippen molar-refractivity contribution in [2.45, 2.75) is 169 Å². The van der Waals surface area contributed by atoms with E-state index in [0.717, 1.165) is 68.7 Å². The minimum absolute atomic E-state index is 0. The number of carbonyl (C=O) groups excluding carboxylic acids is 1. The second-order valence-electron chi connectivity index (χ2n) is 19.6. The topological polar surface area (TPSA) is 76.6 Å². The van der Waals surface area contributed by atoms with Gasteiger partial charge in [0.05, 0.1) is 23.3 Å². The Bertz CT molecular complexity index is 1430. The highest BCUT2D eigenvalue weighted by molar-refractivity contribution is 5.84. The molecule has 8 aliphatic rings. The Labute approximate surface area is 318 Å². The van der Waals surface area contributed by atoms with Crippen molar-refractivity contribution in [3.63, 3.8) is 0 Å². The summed E-state index contributed by atoms with van der Waals surface area (Å²) in [6.07, 6.45) is 27.7. The van der Waals surface area contributed by atoms with Crippen LogP contribution in [-0.2, 0) is 4.79 Å². The first-order chi connectivity index (χ1) is 24.3. The number of nitrogens with one attached hydrogen (secondary N) is 3. The van der Waals surface area contributed by atoms with Crippen molar-refractivity contribution in [3.05, 3.63) is 48.4 Å². The number of likely N-dealkylation sites (tertiary alicyclic amines) is 1. The molecule has 6 nitrogen and oxygen atoms in total. The zero-order valence-electron chi connectivity index (χ0n) is 33.3. The zero-order valence-corrected chi connectivity index (χ0v) is 33.3. The van der Waals surface area contributed by atoms with Gasteiger partial charge in [-0.2, -0.15) is 0 Å². The Balaban J connectivity index is 0.000000870. The Hall–Kier alpha value is -2.05. The number of nitrogens with zero attached hydrogens (tertiary/aromatic N) is 1. The molecule has 0 aromatic rings. The van der Waals surface area contributed by atoms with Gasteiger partial charge in [-0.1, -0.05) is 92.2 Å². The van der Waals surface area contributed by atoms with E-state index in [-0.39, 0.29) is 52.9 Å². The third-order valence-corrected chi connectivity index (χ3v) is 17.0. The summed E-state index contributed by atoms with van der Waals surface area (Å²) in [7, 11) is 2.24. The second kappa shape index (κ2) is 14.5. The van der Waals surface area contributed by atoms with Crippen LogP contribution in [0.5, 0.6) is 0 Å². The van der Waals surface area contributed by atoms with Crippen LogP contribution in [0.1, 0.15) is 145 Å². The normalized spacial score (nSPS) is 44.8. The molecule has 11 unspecified atom stereocenters. The molecule has 292 valence electrons. The van der Waals surface area contributed by atoms with Crippen LogP contribution in [0, 0.1) is 51.2 Å². The molecule has 11 atom stereocenters. The number of hydrogen-bond acceptors (Lipinski definition) is 5. The van der Waals surface area contributed by atoms with E-state index in [1.54, 1.807) is 0 Å². The first-order valence-corrected chi connectivity index (χ1v) is 21.2. The summed E-state index contributed by atoms with van der Waals surface area (Å²) in [6.45, 7) is 19.2. The number of aliphatic hydroxyl groups is 1. The molecule has 8 rings (SSSR count). The second-order valence-corrected chi connectivity index (χ2v) is 19.6. The van der Waals surface area contributed by atoms with Gasteiger partial charge < -0.3 is 26.0 Å². The number of amides is 1. The monoisotopic (exact) mass is 717 g/mol. The van der Waals surface area contributed by atoms with Gasteiger partial charge in [-0.15, -0.1) is 0 Å². The summed E-state index contributed by atoms with van der Waals surface area (Å²) in [6, 6.07) is 0.149. The van der Waals surface area contributed by atoms with Crippen LogP contribution in [0.4, 0.5) is 0 Å². The van der Waals surface area contributed by atoms with Crippen molar-refractivity contribution < 1.29 is 9.90 Å². The molecule has 2 heterocycles. The fraction of sp³-hybridized carbons (Fsp3) is 0.804. The maximum Gasteiger partial charge on any atom is 0.229 e. The fourth-order valence-corrected chi connectivity index (χ4v) is 14.3. The highest BCUT2D eigenvalue weighted by atomic mass is 16.3. The smallest absolute Gasteiger partial charge is 0.229 e. The minimum Gasteiger partial charge on any atom is -0.393 e. The van der Waals surface area contributed by atoms with E-state index in [2.05, 4.69) is 81.4 Å². The van der Waals surface area contributed by atoms with E-state index < -0.39 is 0 Å². The molecule has 0 bridgehead atoms. The number of allylic oxidation sites excluding steroid dienone is 4. The summed E-state index contributed by atoms with van der Waals surface area (Å²) in [5, 5.41) is 22.5. The maximum absolute atomic E-state index is 15.2. The van der Waals surface area contributed by atoms with Gasteiger partial charge in [0.2, 0.25) is 5.91 Å². The lowest BCUT2D eigenvalue weighted by molar-refractivity contribution is -0.224. The molecule has 4 N–H and O–H groups in total. The number of aliphatic hydroxyl groups excluding tert-OH is 1. The van der Waals surface area contributed by atoms with Gasteiger partial charge in [-0.3, -0.25) is 4.79 Å². The van der Waals surface area contributed by atoms with Crippen LogP contribution in [0.25, 0.3) is 0 Å². The number of rotatable bonds is 6. The Morgan fingerprint density at radius 1 is 0.904 bits per heavy atom. The van der Waals surface area contributed by atoms with Crippen LogP contribution < -0.4 is 16.0 Å². The molecule has 7 fully saturated rings. The number of carbonyl (C=O) groups is 1. The van der Waals surface area contributed by atoms with Gasteiger partial charge in [-0.25, -0.2) is 0 Å². The van der Waals surface area contributed by atoms with Crippen LogP contribution in [0.15, 0.2) is 48.4 Å². The van der Waals surface area contributed by atoms with E-state index in [4.69, 9.17) is 0 Å². The molecule has 0 spiro atoms. The minimum atomic E-state index is -0.254. The average Bonchev–Trinajstić information content (AvgIpc) is 3.50. The van der Waals surface area contributed by atoms with Gasteiger partial charge in [0.15, 0.2) is 0 Å². The van der Waals surface area contributed by atoms with Crippen LogP contribution in [-0.4, -0.2) is 53.4 Å². The van der Waals surface area contributed by atoms with Gasteiger partial charge in [0.25, 0.3) is 0 Å². The average molecular weight is 717 g/mol. The summed E-state index contributed by atoms with van der Waals surface area (Å²) < 4.78 is 0. The largest absolute Gasteiger partial charge is 0.393 e. The van der Waals surface area contributed by atoms with Crippen LogP contribution in [0.3, 0.4) is 0 Å². The molecule has 0 radical (unpaired) electrons. The molecule has 52 heavy (non-hydrogen) atoms. The molecule has 2 aliphatic heterocycles. The van der Waals surface area contributed by atoms with Crippen molar-refractivity contribution in [2.75, 3.05) is 13.6 Å². The van der Waals surface area contributed by atoms with Crippen molar-refractivity contribution >= 4 is 5.91 Å². The highest BCUT2D eigenvalue weighted by Crippen LogP contribution is 2.74. The van der Waals surface area contributed by atoms with E-state index >= 15 is 4.79 Å². The third-order valence-electron chi connectivity index (χ3n) is 17.0.